The second-order valence-electron chi connectivity index (χ2n) is 7.88. The fourth-order valence-electron chi connectivity index (χ4n) is 3.45. The molecule has 0 aromatic heterocycles. The number of nitrogens with one attached hydrogen (secondary N) is 1. The first-order chi connectivity index (χ1) is 17.3. The SMILES string of the molecule is CCOc1cc(/C=C2\SC(=S)N(NC(=O)c3ccc(Cl)cc3)C2=O)ccc1OCc1cccc(C)c1. The third-order valence-electron chi connectivity index (χ3n) is 5.16. The number of aryl methyl sites for hydroxylation is 1. The molecule has 0 bridgehead atoms. The van der Waals surface area contributed by atoms with Gasteiger partial charge in [0.1, 0.15) is 6.61 Å². The van der Waals surface area contributed by atoms with E-state index in [-0.39, 0.29) is 4.32 Å². The highest BCUT2D eigenvalue weighted by Gasteiger charge is 2.33. The average molecular weight is 539 g/mol. The Bertz CT molecular complexity index is 1340. The van der Waals surface area contributed by atoms with Gasteiger partial charge in [0.25, 0.3) is 11.8 Å². The van der Waals surface area contributed by atoms with Crippen LogP contribution in [-0.2, 0) is 11.4 Å². The Hall–Kier alpha value is -3.33. The smallest absolute Gasteiger partial charge is 0.285 e. The van der Waals surface area contributed by atoms with Crippen LogP contribution in [0.3, 0.4) is 0 Å². The highest BCUT2D eigenvalue weighted by Crippen LogP contribution is 2.34. The molecule has 1 aliphatic heterocycles. The van der Waals surface area contributed by atoms with Crippen LogP contribution in [0.2, 0.25) is 5.02 Å². The normalized spacial score (nSPS) is 14.3. The van der Waals surface area contributed by atoms with Crippen LogP contribution in [0.4, 0.5) is 0 Å². The Kier molecular flexibility index (Phi) is 8.30. The lowest BCUT2D eigenvalue weighted by molar-refractivity contribution is -0.123. The maximum Gasteiger partial charge on any atom is 0.285 e. The highest BCUT2D eigenvalue weighted by atomic mass is 35.5. The van der Waals surface area contributed by atoms with E-state index in [0.29, 0.717) is 40.2 Å². The molecule has 2 amide bonds. The van der Waals surface area contributed by atoms with Gasteiger partial charge in [-0.1, -0.05) is 59.3 Å². The van der Waals surface area contributed by atoms with Crippen LogP contribution in [0.5, 0.6) is 11.5 Å². The molecule has 3 aromatic carbocycles. The van der Waals surface area contributed by atoms with Crippen molar-refractivity contribution in [2.75, 3.05) is 6.61 Å². The van der Waals surface area contributed by atoms with E-state index in [0.717, 1.165) is 33.5 Å². The van der Waals surface area contributed by atoms with Crippen LogP contribution >= 0.6 is 35.6 Å². The predicted octanol–water partition coefficient (Wildman–Crippen LogP) is 6.17. The molecule has 9 heteroatoms. The minimum atomic E-state index is -0.460. The van der Waals surface area contributed by atoms with Gasteiger partial charge in [-0.3, -0.25) is 15.0 Å². The molecule has 0 atom stereocenters. The van der Waals surface area contributed by atoms with Gasteiger partial charge in [-0.25, -0.2) is 0 Å². The minimum Gasteiger partial charge on any atom is -0.490 e. The van der Waals surface area contributed by atoms with Crippen molar-refractivity contribution < 1.29 is 19.1 Å². The lowest BCUT2D eigenvalue weighted by atomic mass is 10.1. The van der Waals surface area contributed by atoms with Crippen molar-refractivity contribution in [3.05, 3.63) is 98.9 Å². The molecule has 0 radical (unpaired) electrons. The van der Waals surface area contributed by atoms with Crippen molar-refractivity contribution in [2.45, 2.75) is 20.5 Å². The zero-order valence-corrected chi connectivity index (χ0v) is 22.0. The monoisotopic (exact) mass is 538 g/mol. The number of benzene rings is 3. The zero-order chi connectivity index (χ0) is 25.7. The molecule has 4 rings (SSSR count). The lowest BCUT2D eigenvalue weighted by Gasteiger charge is -2.15. The van der Waals surface area contributed by atoms with Crippen molar-refractivity contribution in [3.63, 3.8) is 0 Å². The van der Waals surface area contributed by atoms with Gasteiger partial charge in [-0.05, 0) is 79.7 Å². The summed E-state index contributed by atoms with van der Waals surface area (Å²) in [4.78, 5) is 25.9. The van der Waals surface area contributed by atoms with Crippen LogP contribution in [0.1, 0.15) is 34.0 Å². The van der Waals surface area contributed by atoms with Crippen molar-refractivity contribution in [2.24, 2.45) is 0 Å². The highest BCUT2D eigenvalue weighted by molar-refractivity contribution is 8.26. The predicted molar refractivity (Wildman–Crippen MR) is 147 cm³/mol. The van der Waals surface area contributed by atoms with Gasteiger partial charge < -0.3 is 9.47 Å². The molecule has 1 heterocycles. The molecule has 0 unspecified atom stereocenters. The maximum atomic E-state index is 13.0. The summed E-state index contributed by atoms with van der Waals surface area (Å²) < 4.78 is 12.0. The van der Waals surface area contributed by atoms with Crippen LogP contribution in [-0.4, -0.2) is 27.8 Å². The van der Waals surface area contributed by atoms with Crippen molar-refractivity contribution >= 4 is 57.8 Å². The van der Waals surface area contributed by atoms with Crippen LogP contribution in [0, 0.1) is 6.92 Å². The molecule has 1 fully saturated rings. The fraction of sp³-hybridized carbons (Fsp3) is 0.148. The Morgan fingerprint density at radius 3 is 2.58 bits per heavy atom. The molecule has 0 spiro atoms. The van der Waals surface area contributed by atoms with Gasteiger partial charge >= 0.3 is 0 Å². The van der Waals surface area contributed by atoms with E-state index < -0.39 is 11.8 Å². The number of nitrogens with zero attached hydrogens (tertiary/aromatic N) is 1. The summed E-state index contributed by atoms with van der Waals surface area (Å²) in [6, 6.07) is 19.9. The summed E-state index contributed by atoms with van der Waals surface area (Å²) >= 11 is 12.3. The number of thioether (sulfide) groups is 1. The Balaban J connectivity index is 1.48. The number of halogens is 1. The molecule has 1 aliphatic rings. The molecule has 3 aromatic rings. The fourth-order valence-corrected chi connectivity index (χ4v) is 4.75. The van der Waals surface area contributed by atoms with E-state index >= 15 is 0 Å². The molecule has 6 nitrogen and oxygen atoms in total. The van der Waals surface area contributed by atoms with Crippen LogP contribution < -0.4 is 14.9 Å². The van der Waals surface area contributed by atoms with Crippen molar-refractivity contribution in [1.29, 1.82) is 0 Å². The molecule has 1 saturated heterocycles. The quantitative estimate of drug-likeness (QED) is 0.273. The topological polar surface area (TPSA) is 67.9 Å². The third-order valence-corrected chi connectivity index (χ3v) is 6.71. The number of hydrogen-bond acceptors (Lipinski definition) is 6. The number of hydrogen-bond donors (Lipinski definition) is 1. The molecular formula is C27H23ClN2O4S2. The summed E-state index contributed by atoms with van der Waals surface area (Å²) in [7, 11) is 0. The third kappa shape index (κ3) is 6.26. The Labute approximate surface area is 224 Å². The first-order valence-corrected chi connectivity index (χ1v) is 12.7. The largest absolute Gasteiger partial charge is 0.490 e. The van der Waals surface area contributed by atoms with Gasteiger partial charge in [0, 0.05) is 10.6 Å². The molecule has 1 N–H and O–H groups in total. The van der Waals surface area contributed by atoms with Crippen molar-refractivity contribution in [3.8, 4) is 11.5 Å². The number of thiocarbonyl (C=S) groups is 1. The number of carbonyl (C=O) groups is 2. The number of ether oxygens (including phenoxy) is 2. The number of amides is 2. The first-order valence-electron chi connectivity index (χ1n) is 11.1. The molecule has 36 heavy (non-hydrogen) atoms. The van der Waals surface area contributed by atoms with E-state index in [1.54, 1.807) is 30.3 Å². The lowest BCUT2D eigenvalue weighted by Crippen LogP contribution is -2.44. The molecule has 0 saturated carbocycles. The summed E-state index contributed by atoms with van der Waals surface area (Å²) in [5.74, 6) is 0.312. The molecular weight excluding hydrogens is 516 g/mol. The van der Waals surface area contributed by atoms with Crippen LogP contribution in [0.25, 0.3) is 6.08 Å². The minimum absolute atomic E-state index is 0.233. The van der Waals surface area contributed by atoms with E-state index in [2.05, 4.69) is 11.5 Å². The Morgan fingerprint density at radius 2 is 1.86 bits per heavy atom. The second-order valence-corrected chi connectivity index (χ2v) is 9.99. The number of hydrazine groups is 1. The summed E-state index contributed by atoms with van der Waals surface area (Å²) in [5, 5.41) is 1.59. The van der Waals surface area contributed by atoms with Gasteiger partial charge in [0.15, 0.2) is 15.8 Å². The number of carbonyl (C=O) groups excluding carboxylic acids is 2. The van der Waals surface area contributed by atoms with Gasteiger partial charge in [-0.15, -0.1) is 0 Å². The van der Waals surface area contributed by atoms with E-state index in [1.807, 2.05) is 50.2 Å². The molecule has 184 valence electrons. The standard InChI is InChI=1S/C27H23ClN2O4S2/c1-3-33-23-14-18(7-12-22(23)34-16-19-6-4-5-17(2)13-19)15-24-26(32)30(27(35)36-24)29-25(31)20-8-10-21(28)11-9-20/h4-15H,3,16H2,1-2H3,(H,29,31)/b24-15-. The van der Waals surface area contributed by atoms with Gasteiger partial charge in [-0.2, -0.15) is 5.01 Å². The van der Waals surface area contributed by atoms with Gasteiger partial charge in [0.2, 0.25) is 0 Å². The summed E-state index contributed by atoms with van der Waals surface area (Å²) in [6.07, 6.45) is 1.71. The summed E-state index contributed by atoms with van der Waals surface area (Å²) in [5.41, 5.74) is 5.89. The summed E-state index contributed by atoms with van der Waals surface area (Å²) in [6.45, 7) is 4.80. The van der Waals surface area contributed by atoms with Gasteiger partial charge in [0.05, 0.1) is 11.5 Å². The van der Waals surface area contributed by atoms with E-state index in [1.165, 1.54) is 0 Å². The van der Waals surface area contributed by atoms with E-state index in [9.17, 15) is 9.59 Å². The first kappa shape index (κ1) is 25.8. The zero-order valence-electron chi connectivity index (χ0n) is 19.6. The second kappa shape index (κ2) is 11.6. The van der Waals surface area contributed by atoms with E-state index in [4.69, 9.17) is 33.3 Å². The van der Waals surface area contributed by atoms with Crippen LogP contribution in [0.15, 0.2) is 71.6 Å². The van der Waals surface area contributed by atoms with Crippen molar-refractivity contribution in [1.82, 2.24) is 10.4 Å². The maximum absolute atomic E-state index is 13.0. The Morgan fingerprint density at radius 1 is 1.08 bits per heavy atom. The average Bonchev–Trinajstić information content (AvgIpc) is 3.11. The molecule has 0 aliphatic carbocycles. The number of rotatable bonds is 8.